The van der Waals surface area contributed by atoms with Crippen molar-refractivity contribution in [2.75, 3.05) is 0 Å². The Morgan fingerprint density at radius 1 is 1.13 bits per heavy atom. The minimum Gasteiger partial charge on any atom is -0.489 e. The van der Waals surface area contributed by atoms with Crippen molar-refractivity contribution in [3.05, 3.63) is 64.7 Å². The Labute approximate surface area is 138 Å². The zero-order chi connectivity index (χ0) is 16.4. The monoisotopic (exact) mass is 330 g/mol. The fraction of sp³-hybridized carbons (Fsp3) is 0.176. The first-order valence-corrected chi connectivity index (χ1v) is 7.46. The quantitative estimate of drug-likeness (QED) is 0.847. The molecule has 0 aliphatic carbocycles. The summed E-state index contributed by atoms with van der Waals surface area (Å²) in [5.41, 5.74) is 0.559. The average Bonchev–Trinajstić information content (AvgIpc) is 2.81. The average molecular weight is 331 g/mol. The van der Waals surface area contributed by atoms with Crippen molar-refractivity contribution in [3.8, 4) is 5.75 Å². The van der Waals surface area contributed by atoms with E-state index in [1.807, 2.05) is 12.1 Å². The highest BCUT2D eigenvalue weighted by Crippen LogP contribution is 2.27. The van der Waals surface area contributed by atoms with Crippen molar-refractivity contribution in [2.45, 2.75) is 19.1 Å². The highest BCUT2D eigenvalue weighted by atomic mass is 35.5. The summed E-state index contributed by atoms with van der Waals surface area (Å²) in [4.78, 5) is 23.4. The summed E-state index contributed by atoms with van der Waals surface area (Å²) in [6, 6.07) is 14.0. The van der Waals surface area contributed by atoms with Gasteiger partial charge in [-0.25, -0.2) is 4.79 Å². The molecule has 1 aliphatic rings. The van der Waals surface area contributed by atoms with Gasteiger partial charge < -0.3 is 10.1 Å². The molecule has 0 radical (unpaired) electrons. The summed E-state index contributed by atoms with van der Waals surface area (Å²) >= 11 is 5.85. The molecule has 118 valence electrons. The number of rotatable bonds is 4. The lowest BCUT2D eigenvalue weighted by atomic mass is 9.92. The number of imide groups is 1. The first-order valence-electron chi connectivity index (χ1n) is 7.09. The number of carbonyl (C=O) groups is 2. The van der Waals surface area contributed by atoms with E-state index in [0.29, 0.717) is 22.9 Å². The Morgan fingerprint density at radius 3 is 2.52 bits per heavy atom. The van der Waals surface area contributed by atoms with Crippen LogP contribution in [0.4, 0.5) is 4.79 Å². The zero-order valence-corrected chi connectivity index (χ0v) is 13.2. The first-order chi connectivity index (χ1) is 11.0. The molecule has 2 aromatic rings. The first kappa shape index (κ1) is 15.4. The van der Waals surface area contributed by atoms with Crippen molar-refractivity contribution in [1.82, 2.24) is 10.6 Å². The number of benzene rings is 2. The molecule has 0 aromatic heterocycles. The third kappa shape index (κ3) is 3.14. The van der Waals surface area contributed by atoms with Crippen LogP contribution < -0.4 is 15.4 Å². The van der Waals surface area contributed by atoms with E-state index in [4.69, 9.17) is 16.3 Å². The summed E-state index contributed by atoms with van der Waals surface area (Å²) in [5.74, 6) is 0.241. The highest BCUT2D eigenvalue weighted by Gasteiger charge is 2.43. The summed E-state index contributed by atoms with van der Waals surface area (Å²) in [6.45, 7) is 2.04. The molecule has 2 aromatic carbocycles. The van der Waals surface area contributed by atoms with E-state index >= 15 is 0 Å². The zero-order valence-electron chi connectivity index (χ0n) is 12.4. The molecule has 1 heterocycles. The van der Waals surface area contributed by atoms with Crippen LogP contribution in [0.25, 0.3) is 0 Å². The fourth-order valence-electron chi connectivity index (χ4n) is 2.39. The summed E-state index contributed by atoms with van der Waals surface area (Å²) in [5, 5.41) is 5.55. The molecule has 1 saturated heterocycles. The molecule has 1 fully saturated rings. The minimum atomic E-state index is -1.09. The molecule has 0 unspecified atom stereocenters. The van der Waals surface area contributed by atoms with E-state index in [-0.39, 0.29) is 5.91 Å². The Hall–Kier alpha value is -2.53. The second kappa shape index (κ2) is 5.93. The third-order valence-electron chi connectivity index (χ3n) is 3.77. The number of ether oxygens (including phenoxy) is 1. The van der Waals surface area contributed by atoms with Gasteiger partial charge in [-0.15, -0.1) is 0 Å². The number of amides is 3. The molecule has 0 spiro atoms. The number of hydrogen-bond acceptors (Lipinski definition) is 3. The van der Waals surface area contributed by atoms with E-state index in [0.717, 1.165) is 5.56 Å². The highest BCUT2D eigenvalue weighted by molar-refractivity contribution is 6.30. The standard InChI is InChI=1S/C17H15ClN2O3/c1-17(15(21)19-16(22)20-17)12-3-2-4-14(9-12)23-10-11-5-7-13(18)8-6-11/h2-9H,10H2,1H3,(H2,19,20,21,22)/t17-/m0/s1. The normalized spacial score (nSPS) is 20.1. The molecule has 3 rings (SSSR count). The largest absolute Gasteiger partial charge is 0.489 e. The lowest BCUT2D eigenvalue weighted by Gasteiger charge is -2.21. The van der Waals surface area contributed by atoms with E-state index in [2.05, 4.69) is 10.6 Å². The van der Waals surface area contributed by atoms with E-state index < -0.39 is 11.6 Å². The predicted octanol–water partition coefficient (Wildman–Crippen LogP) is 2.97. The summed E-state index contributed by atoms with van der Waals surface area (Å²) < 4.78 is 5.75. The number of urea groups is 1. The van der Waals surface area contributed by atoms with Crippen LogP contribution in [0.1, 0.15) is 18.1 Å². The van der Waals surface area contributed by atoms with Crippen LogP contribution in [0.3, 0.4) is 0 Å². The molecule has 1 atom stereocenters. The lowest BCUT2D eigenvalue weighted by Crippen LogP contribution is -2.40. The topological polar surface area (TPSA) is 67.4 Å². The van der Waals surface area contributed by atoms with Gasteiger partial charge >= 0.3 is 6.03 Å². The Balaban J connectivity index is 1.76. The SMILES string of the molecule is C[C@@]1(c2cccc(OCc3ccc(Cl)cc3)c2)NC(=O)NC1=O. The van der Waals surface area contributed by atoms with Gasteiger partial charge in [-0.05, 0) is 42.3 Å². The van der Waals surface area contributed by atoms with E-state index in [9.17, 15) is 9.59 Å². The molecule has 0 saturated carbocycles. The van der Waals surface area contributed by atoms with Gasteiger partial charge in [0.25, 0.3) is 5.91 Å². The van der Waals surface area contributed by atoms with Gasteiger partial charge in [0.1, 0.15) is 17.9 Å². The fourth-order valence-corrected chi connectivity index (χ4v) is 2.52. The van der Waals surface area contributed by atoms with Crippen LogP contribution in [-0.4, -0.2) is 11.9 Å². The molecule has 0 bridgehead atoms. The van der Waals surface area contributed by atoms with Crippen molar-refractivity contribution >= 4 is 23.5 Å². The number of nitrogens with one attached hydrogen (secondary N) is 2. The van der Waals surface area contributed by atoms with Crippen LogP contribution in [0.15, 0.2) is 48.5 Å². The van der Waals surface area contributed by atoms with Crippen LogP contribution in [0, 0.1) is 0 Å². The van der Waals surface area contributed by atoms with Crippen LogP contribution >= 0.6 is 11.6 Å². The van der Waals surface area contributed by atoms with Gasteiger partial charge in [-0.3, -0.25) is 10.1 Å². The predicted molar refractivity (Wildman–Crippen MR) is 86.3 cm³/mol. The lowest BCUT2D eigenvalue weighted by molar-refractivity contribution is -0.123. The van der Waals surface area contributed by atoms with Gasteiger partial charge in [0, 0.05) is 5.02 Å². The molecule has 3 amide bonds. The summed E-state index contributed by atoms with van der Waals surface area (Å²) in [7, 11) is 0. The van der Waals surface area contributed by atoms with Crippen LogP contribution in [-0.2, 0) is 16.9 Å². The van der Waals surface area contributed by atoms with Crippen LogP contribution in [0.5, 0.6) is 5.75 Å². The summed E-state index contributed by atoms with van der Waals surface area (Å²) in [6.07, 6.45) is 0. The molecule has 1 aliphatic heterocycles. The van der Waals surface area contributed by atoms with Crippen molar-refractivity contribution in [3.63, 3.8) is 0 Å². The second-order valence-corrected chi connectivity index (χ2v) is 5.91. The Morgan fingerprint density at radius 2 is 1.87 bits per heavy atom. The van der Waals surface area contributed by atoms with Crippen LogP contribution in [0.2, 0.25) is 5.02 Å². The third-order valence-corrected chi connectivity index (χ3v) is 4.03. The molecular weight excluding hydrogens is 316 g/mol. The molecule has 23 heavy (non-hydrogen) atoms. The second-order valence-electron chi connectivity index (χ2n) is 5.48. The van der Waals surface area contributed by atoms with E-state index in [1.54, 1.807) is 43.3 Å². The minimum absolute atomic E-state index is 0.377. The molecule has 6 heteroatoms. The molecule has 5 nitrogen and oxygen atoms in total. The maximum absolute atomic E-state index is 12.0. The Kier molecular flexibility index (Phi) is 3.96. The van der Waals surface area contributed by atoms with Crippen molar-refractivity contribution in [1.29, 1.82) is 0 Å². The number of hydrogen-bond donors (Lipinski definition) is 2. The van der Waals surface area contributed by atoms with Gasteiger partial charge in [0.2, 0.25) is 0 Å². The number of halogens is 1. The van der Waals surface area contributed by atoms with Gasteiger partial charge in [-0.2, -0.15) is 0 Å². The van der Waals surface area contributed by atoms with Crippen molar-refractivity contribution < 1.29 is 14.3 Å². The van der Waals surface area contributed by atoms with Crippen molar-refractivity contribution in [2.24, 2.45) is 0 Å². The Bertz CT molecular complexity index is 761. The van der Waals surface area contributed by atoms with Gasteiger partial charge in [0.05, 0.1) is 0 Å². The maximum atomic E-state index is 12.0. The van der Waals surface area contributed by atoms with Gasteiger partial charge in [0.15, 0.2) is 0 Å². The molecular formula is C17H15ClN2O3. The molecule has 2 N–H and O–H groups in total. The maximum Gasteiger partial charge on any atom is 0.322 e. The smallest absolute Gasteiger partial charge is 0.322 e. The van der Waals surface area contributed by atoms with Gasteiger partial charge in [-0.1, -0.05) is 35.9 Å². The number of carbonyl (C=O) groups excluding carboxylic acids is 2. The van der Waals surface area contributed by atoms with E-state index in [1.165, 1.54) is 0 Å².